The number of halogens is 3. The molecule has 62 valence electrons. The third kappa shape index (κ3) is 11.6. The van der Waals surface area contributed by atoms with E-state index in [4.69, 9.17) is 34.8 Å². The van der Waals surface area contributed by atoms with Gasteiger partial charge in [-0.05, 0) is 0 Å². The van der Waals surface area contributed by atoms with Crippen molar-refractivity contribution in [2.45, 2.75) is 42.8 Å². The maximum Gasteiger partial charge on any atom is 0.180 e. The lowest BCUT2D eigenvalue weighted by molar-refractivity contribution is 0.504. The minimum Gasteiger partial charge on any atom is -0.0874 e. The van der Waals surface area contributed by atoms with Gasteiger partial charge in [0.25, 0.3) is 0 Å². The molecule has 0 amide bonds. The van der Waals surface area contributed by atoms with Crippen LogP contribution in [0.4, 0.5) is 0 Å². The highest BCUT2D eigenvalue weighted by atomic mass is 35.6. The van der Waals surface area contributed by atoms with Crippen molar-refractivity contribution in [3.8, 4) is 0 Å². The minimum atomic E-state index is -0.750. The van der Waals surface area contributed by atoms with Gasteiger partial charge < -0.3 is 0 Å². The van der Waals surface area contributed by atoms with Crippen LogP contribution < -0.4 is 0 Å². The highest BCUT2D eigenvalue weighted by molar-refractivity contribution is 6.63. The summed E-state index contributed by atoms with van der Waals surface area (Å²) in [5.41, 5.74) is 0. The summed E-state index contributed by atoms with van der Waals surface area (Å²) >= 11 is 14.4. The van der Waals surface area contributed by atoms with E-state index >= 15 is 0 Å². The van der Waals surface area contributed by atoms with Crippen LogP contribution in [0.2, 0.25) is 0 Å². The second-order valence-electron chi connectivity index (χ2n) is 2.37. The zero-order chi connectivity index (χ0) is 7.82. The van der Waals surface area contributed by atoms with Crippen LogP contribution in [-0.4, -0.2) is 4.30 Å². The summed E-state index contributed by atoms with van der Waals surface area (Å²) in [6.45, 7) is 0. The van der Waals surface area contributed by atoms with Crippen molar-refractivity contribution < 1.29 is 0 Å². The maximum absolute atomic E-state index is 4.81. The summed E-state index contributed by atoms with van der Waals surface area (Å²) in [6.07, 6.45) is 9.00. The lowest BCUT2D eigenvalue weighted by Gasteiger charge is -2.05. The van der Waals surface area contributed by atoms with Crippen molar-refractivity contribution in [3.05, 3.63) is 0 Å². The molecule has 3 heteroatoms. The number of alkyl halides is 3. The van der Waals surface area contributed by atoms with Crippen LogP contribution >= 0.6 is 34.8 Å². The monoisotopic (exact) mass is 202 g/mol. The largest absolute Gasteiger partial charge is 0.180 e. The topological polar surface area (TPSA) is 0 Å². The molecule has 1 aliphatic rings. The Hall–Kier alpha value is 0.870. The fourth-order valence-corrected chi connectivity index (χ4v) is 1.06. The van der Waals surface area contributed by atoms with Crippen molar-refractivity contribution in [1.29, 1.82) is 0 Å². The Labute approximate surface area is 77.8 Å². The van der Waals surface area contributed by atoms with E-state index < -0.39 is 4.30 Å². The molecule has 0 radical (unpaired) electrons. The fourth-order valence-electron chi connectivity index (χ4n) is 1.06. The van der Waals surface area contributed by atoms with E-state index in [-0.39, 0.29) is 0 Å². The summed E-state index contributed by atoms with van der Waals surface area (Å²) in [6, 6.07) is 0. The van der Waals surface area contributed by atoms with E-state index in [1.54, 1.807) is 0 Å². The van der Waals surface area contributed by atoms with Gasteiger partial charge in [0.1, 0.15) is 0 Å². The third-order valence-electron chi connectivity index (χ3n) is 1.50. The molecule has 0 unspecified atom stereocenters. The quantitative estimate of drug-likeness (QED) is 0.514. The molecule has 1 saturated carbocycles. The van der Waals surface area contributed by atoms with Gasteiger partial charge in [0.05, 0.1) is 0 Å². The highest BCUT2D eigenvalue weighted by Gasteiger charge is 1.95. The Morgan fingerprint density at radius 1 is 0.600 bits per heavy atom. The van der Waals surface area contributed by atoms with E-state index in [1.165, 1.54) is 38.5 Å². The molecule has 1 aliphatic carbocycles. The normalized spacial score (nSPS) is 18.0. The van der Waals surface area contributed by atoms with Crippen LogP contribution in [0.1, 0.15) is 38.5 Å². The van der Waals surface area contributed by atoms with Gasteiger partial charge in [-0.3, -0.25) is 0 Å². The van der Waals surface area contributed by atoms with Gasteiger partial charge in [-0.25, -0.2) is 0 Å². The summed E-state index contributed by atoms with van der Waals surface area (Å²) in [4.78, 5) is 0. The van der Waals surface area contributed by atoms with Gasteiger partial charge in [0.2, 0.25) is 0 Å². The predicted octanol–water partition coefficient (Wildman–Crippen LogP) is 4.33. The molecule has 0 aromatic heterocycles. The second kappa shape index (κ2) is 7.97. The van der Waals surface area contributed by atoms with Crippen LogP contribution in [-0.2, 0) is 0 Å². The lowest BCUT2D eigenvalue weighted by Crippen LogP contribution is -1.85. The van der Waals surface area contributed by atoms with Crippen molar-refractivity contribution in [3.63, 3.8) is 0 Å². The number of hydrogen-bond donors (Lipinski definition) is 0. The van der Waals surface area contributed by atoms with Gasteiger partial charge in [0.15, 0.2) is 4.30 Å². The molecule has 0 aliphatic heterocycles. The van der Waals surface area contributed by atoms with Crippen molar-refractivity contribution in [2.75, 3.05) is 0 Å². The molecular formula is C7H13Cl3. The van der Waals surface area contributed by atoms with Gasteiger partial charge in [-0.2, -0.15) is 0 Å². The lowest BCUT2D eigenvalue weighted by atomic mass is 10.0. The highest BCUT2D eigenvalue weighted by Crippen LogP contribution is 2.15. The van der Waals surface area contributed by atoms with Crippen LogP contribution in [0.3, 0.4) is 0 Å². The number of hydrogen-bond acceptors (Lipinski definition) is 0. The van der Waals surface area contributed by atoms with Gasteiger partial charge in [-0.15, -0.1) is 0 Å². The Bertz CT molecular complexity index is 45.6. The van der Waals surface area contributed by atoms with Gasteiger partial charge >= 0.3 is 0 Å². The Morgan fingerprint density at radius 3 is 0.800 bits per heavy atom. The SMILES string of the molecule is C1CCCCC1.ClC(Cl)Cl. The Kier molecular flexibility index (Phi) is 8.66. The van der Waals surface area contributed by atoms with Crippen LogP contribution in [0.5, 0.6) is 0 Å². The zero-order valence-electron chi connectivity index (χ0n) is 5.95. The Morgan fingerprint density at radius 2 is 0.700 bits per heavy atom. The predicted molar refractivity (Wildman–Crippen MR) is 49.0 cm³/mol. The molecule has 0 spiro atoms. The smallest absolute Gasteiger partial charge is 0.0874 e. The number of rotatable bonds is 0. The maximum atomic E-state index is 4.81. The first-order valence-electron chi connectivity index (χ1n) is 3.65. The summed E-state index contributed by atoms with van der Waals surface area (Å²) < 4.78 is -0.750. The standard InChI is InChI=1S/C6H12.CHCl3/c1-2-4-6-5-3-1;2-1(3)4/h1-6H2;1H. The van der Waals surface area contributed by atoms with Crippen LogP contribution in [0.15, 0.2) is 0 Å². The van der Waals surface area contributed by atoms with Crippen LogP contribution in [0.25, 0.3) is 0 Å². The van der Waals surface area contributed by atoms with E-state index in [0.717, 1.165) is 0 Å². The molecule has 0 bridgehead atoms. The summed E-state index contributed by atoms with van der Waals surface area (Å²) in [7, 11) is 0. The van der Waals surface area contributed by atoms with E-state index in [9.17, 15) is 0 Å². The molecule has 0 saturated heterocycles. The van der Waals surface area contributed by atoms with E-state index in [2.05, 4.69) is 0 Å². The Balaban J connectivity index is 0.000000180. The first-order chi connectivity index (χ1) is 4.73. The van der Waals surface area contributed by atoms with Gasteiger partial charge in [-0.1, -0.05) is 73.3 Å². The molecule has 1 fully saturated rings. The molecule has 0 atom stereocenters. The average Bonchev–Trinajstić information content (AvgIpc) is 1.90. The van der Waals surface area contributed by atoms with Crippen molar-refractivity contribution >= 4 is 34.8 Å². The summed E-state index contributed by atoms with van der Waals surface area (Å²) in [5.74, 6) is 0. The van der Waals surface area contributed by atoms with Crippen LogP contribution in [0, 0.1) is 0 Å². The van der Waals surface area contributed by atoms with E-state index in [0.29, 0.717) is 0 Å². The van der Waals surface area contributed by atoms with Crippen molar-refractivity contribution in [2.24, 2.45) is 0 Å². The molecule has 10 heavy (non-hydrogen) atoms. The minimum absolute atomic E-state index is 0.750. The molecule has 0 aromatic rings. The third-order valence-corrected chi connectivity index (χ3v) is 1.50. The van der Waals surface area contributed by atoms with Crippen molar-refractivity contribution in [1.82, 2.24) is 0 Å². The van der Waals surface area contributed by atoms with Gasteiger partial charge in [0, 0.05) is 0 Å². The zero-order valence-corrected chi connectivity index (χ0v) is 8.22. The fraction of sp³-hybridized carbons (Fsp3) is 1.00. The molecule has 0 aromatic carbocycles. The summed E-state index contributed by atoms with van der Waals surface area (Å²) in [5, 5.41) is 0. The molecule has 0 nitrogen and oxygen atoms in total. The van der Waals surface area contributed by atoms with E-state index in [1.807, 2.05) is 0 Å². The molecule has 0 N–H and O–H groups in total. The molecule has 1 rings (SSSR count). The molecule has 0 heterocycles. The second-order valence-corrected chi connectivity index (χ2v) is 4.35. The molecular weight excluding hydrogens is 190 g/mol. The average molecular weight is 204 g/mol. The first kappa shape index (κ1) is 10.9. The first-order valence-corrected chi connectivity index (χ1v) is 4.96.